The number of esters is 1. The number of carbonyl (C=O) groups is 1. The summed E-state index contributed by atoms with van der Waals surface area (Å²) in [5.41, 5.74) is 3.02. The van der Waals surface area contributed by atoms with E-state index in [4.69, 9.17) is 4.74 Å². The third kappa shape index (κ3) is 3.02. The molecule has 0 amide bonds. The minimum Gasteiger partial charge on any atom is -0.465 e. The van der Waals surface area contributed by atoms with Gasteiger partial charge in [0.25, 0.3) is 0 Å². The summed E-state index contributed by atoms with van der Waals surface area (Å²) < 4.78 is 7.07. The molecule has 0 spiro atoms. The molecule has 3 heterocycles. The molecule has 4 rings (SSSR count). The fourth-order valence-electron chi connectivity index (χ4n) is 2.78. The van der Waals surface area contributed by atoms with E-state index >= 15 is 0 Å². The second-order valence-electron chi connectivity index (χ2n) is 5.73. The van der Waals surface area contributed by atoms with E-state index in [0.717, 1.165) is 22.6 Å². The van der Waals surface area contributed by atoms with Gasteiger partial charge in [0.2, 0.25) is 0 Å². The Hall–Kier alpha value is -2.67. The molecule has 126 valence electrons. The molecule has 0 saturated carbocycles. The Bertz CT molecular complexity index is 910. The molecule has 0 unspecified atom stereocenters. The van der Waals surface area contributed by atoms with Crippen LogP contribution in [0.3, 0.4) is 0 Å². The highest BCUT2D eigenvalue weighted by Gasteiger charge is 2.30. The standard InChI is InChI=1S/C18H16N4O2S/c1-12-4-2-3-5-14(12)22-16(13-6-9-19-10-7-13)20-21-18(22)25-15-8-11-24-17(15)23/h2-7,9-10,15H,8,11H2,1H3/t15-/m1/s1. The number of cyclic esters (lactones) is 1. The monoisotopic (exact) mass is 352 g/mol. The fraction of sp³-hybridized carbons (Fsp3) is 0.222. The number of rotatable bonds is 4. The van der Waals surface area contributed by atoms with Crippen molar-refractivity contribution in [3.8, 4) is 17.1 Å². The molecule has 0 radical (unpaired) electrons. The Morgan fingerprint density at radius 1 is 1.16 bits per heavy atom. The van der Waals surface area contributed by atoms with Gasteiger partial charge >= 0.3 is 5.97 Å². The number of aromatic nitrogens is 4. The molecule has 1 saturated heterocycles. The zero-order chi connectivity index (χ0) is 17.2. The van der Waals surface area contributed by atoms with Gasteiger partial charge in [-0.05, 0) is 30.7 Å². The SMILES string of the molecule is Cc1ccccc1-n1c(S[C@@H]2CCOC2=O)nnc1-c1ccncc1. The summed E-state index contributed by atoms with van der Waals surface area (Å²) in [7, 11) is 0. The highest BCUT2D eigenvalue weighted by molar-refractivity contribution is 8.00. The lowest BCUT2D eigenvalue weighted by Gasteiger charge is -2.13. The molecule has 1 aliphatic rings. The largest absolute Gasteiger partial charge is 0.465 e. The first-order valence-electron chi connectivity index (χ1n) is 7.99. The van der Waals surface area contributed by atoms with E-state index in [-0.39, 0.29) is 11.2 Å². The maximum Gasteiger partial charge on any atom is 0.319 e. The van der Waals surface area contributed by atoms with Gasteiger partial charge in [0, 0.05) is 24.4 Å². The number of aryl methyl sites for hydroxylation is 1. The Kier molecular flexibility index (Phi) is 4.23. The maximum atomic E-state index is 11.9. The van der Waals surface area contributed by atoms with Crippen molar-refractivity contribution in [3.63, 3.8) is 0 Å². The van der Waals surface area contributed by atoms with Gasteiger partial charge in [-0.3, -0.25) is 14.3 Å². The van der Waals surface area contributed by atoms with Crippen LogP contribution in [0.15, 0.2) is 53.9 Å². The third-order valence-electron chi connectivity index (χ3n) is 4.06. The van der Waals surface area contributed by atoms with Gasteiger partial charge in [0.15, 0.2) is 11.0 Å². The lowest BCUT2D eigenvalue weighted by Crippen LogP contribution is -2.11. The minimum absolute atomic E-state index is 0.185. The predicted octanol–water partition coefficient (Wildman–Crippen LogP) is 3.05. The van der Waals surface area contributed by atoms with E-state index in [1.165, 1.54) is 11.8 Å². The molecule has 0 aliphatic carbocycles. The van der Waals surface area contributed by atoms with Crippen molar-refractivity contribution in [1.29, 1.82) is 0 Å². The van der Waals surface area contributed by atoms with Crippen molar-refractivity contribution in [1.82, 2.24) is 19.7 Å². The zero-order valence-corrected chi connectivity index (χ0v) is 14.4. The van der Waals surface area contributed by atoms with Crippen LogP contribution >= 0.6 is 11.8 Å². The average Bonchev–Trinajstić information content (AvgIpc) is 3.23. The summed E-state index contributed by atoms with van der Waals surface area (Å²) in [6.07, 6.45) is 4.15. The Morgan fingerprint density at radius 3 is 2.68 bits per heavy atom. The number of thioether (sulfide) groups is 1. The molecule has 1 aromatic carbocycles. The second kappa shape index (κ2) is 6.68. The zero-order valence-electron chi connectivity index (χ0n) is 13.6. The summed E-state index contributed by atoms with van der Waals surface area (Å²) >= 11 is 1.40. The fourth-order valence-corrected chi connectivity index (χ4v) is 3.79. The number of carbonyl (C=O) groups excluding carboxylic acids is 1. The quantitative estimate of drug-likeness (QED) is 0.672. The summed E-state index contributed by atoms with van der Waals surface area (Å²) in [5.74, 6) is 0.542. The van der Waals surface area contributed by atoms with Gasteiger partial charge in [-0.1, -0.05) is 30.0 Å². The Balaban J connectivity index is 1.83. The molecule has 6 nitrogen and oxygen atoms in total. The number of hydrogen-bond donors (Lipinski definition) is 0. The lowest BCUT2D eigenvalue weighted by molar-refractivity contribution is -0.137. The maximum absolute atomic E-state index is 11.9. The number of nitrogens with zero attached hydrogens (tertiary/aromatic N) is 4. The van der Waals surface area contributed by atoms with E-state index in [1.807, 2.05) is 47.9 Å². The second-order valence-corrected chi connectivity index (χ2v) is 6.90. The molecule has 25 heavy (non-hydrogen) atoms. The Morgan fingerprint density at radius 2 is 1.96 bits per heavy atom. The molecule has 1 aliphatic heterocycles. The van der Waals surface area contributed by atoms with Gasteiger partial charge in [0.05, 0.1) is 12.3 Å². The van der Waals surface area contributed by atoms with E-state index < -0.39 is 0 Å². The first-order chi connectivity index (χ1) is 12.2. The molecule has 0 bridgehead atoms. The smallest absolute Gasteiger partial charge is 0.319 e. The topological polar surface area (TPSA) is 69.9 Å². The number of ether oxygens (including phenoxy) is 1. The van der Waals surface area contributed by atoms with Crippen LogP contribution in [0.25, 0.3) is 17.1 Å². The van der Waals surface area contributed by atoms with Crippen LogP contribution < -0.4 is 0 Å². The van der Waals surface area contributed by atoms with Gasteiger partial charge < -0.3 is 4.74 Å². The molecular formula is C18H16N4O2S. The first kappa shape index (κ1) is 15.8. The van der Waals surface area contributed by atoms with E-state index in [2.05, 4.69) is 15.2 Å². The summed E-state index contributed by atoms with van der Waals surface area (Å²) in [6, 6.07) is 11.9. The minimum atomic E-state index is -0.239. The van der Waals surface area contributed by atoms with Crippen LogP contribution in [0.5, 0.6) is 0 Å². The van der Waals surface area contributed by atoms with Crippen molar-refractivity contribution in [3.05, 3.63) is 54.4 Å². The molecule has 7 heteroatoms. The number of benzene rings is 1. The third-order valence-corrected chi connectivity index (χ3v) is 5.25. The summed E-state index contributed by atoms with van der Waals surface area (Å²) in [4.78, 5) is 15.9. The normalized spacial score (nSPS) is 16.8. The van der Waals surface area contributed by atoms with Crippen LogP contribution in [0.1, 0.15) is 12.0 Å². The number of para-hydroxylation sites is 1. The average molecular weight is 352 g/mol. The van der Waals surface area contributed by atoms with Crippen LogP contribution in [-0.2, 0) is 9.53 Å². The Labute approximate surface area is 149 Å². The van der Waals surface area contributed by atoms with Crippen molar-refractivity contribution in [2.45, 2.75) is 23.8 Å². The van der Waals surface area contributed by atoms with Gasteiger partial charge in [-0.2, -0.15) is 0 Å². The van der Waals surface area contributed by atoms with Crippen molar-refractivity contribution in [2.24, 2.45) is 0 Å². The molecule has 0 N–H and O–H groups in total. The number of pyridine rings is 1. The lowest BCUT2D eigenvalue weighted by atomic mass is 10.2. The molecular weight excluding hydrogens is 336 g/mol. The van der Waals surface area contributed by atoms with Gasteiger partial charge in [-0.15, -0.1) is 10.2 Å². The summed E-state index contributed by atoms with van der Waals surface area (Å²) in [6.45, 7) is 2.51. The van der Waals surface area contributed by atoms with Crippen molar-refractivity contribution < 1.29 is 9.53 Å². The van der Waals surface area contributed by atoms with Crippen LogP contribution in [0, 0.1) is 6.92 Å². The molecule has 1 atom stereocenters. The van der Waals surface area contributed by atoms with E-state index in [0.29, 0.717) is 18.2 Å². The van der Waals surface area contributed by atoms with Crippen LogP contribution in [0.4, 0.5) is 0 Å². The van der Waals surface area contributed by atoms with E-state index in [9.17, 15) is 4.79 Å². The molecule has 2 aromatic heterocycles. The van der Waals surface area contributed by atoms with Gasteiger partial charge in [-0.25, -0.2) is 0 Å². The molecule has 3 aromatic rings. The highest BCUT2D eigenvalue weighted by Crippen LogP contribution is 2.33. The summed E-state index contributed by atoms with van der Waals surface area (Å²) in [5, 5.41) is 9.19. The molecule has 1 fully saturated rings. The van der Waals surface area contributed by atoms with Crippen LogP contribution in [-0.4, -0.2) is 37.6 Å². The van der Waals surface area contributed by atoms with Crippen LogP contribution in [0.2, 0.25) is 0 Å². The van der Waals surface area contributed by atoms with E-state index in [1.54, 1.807) is 12.4 Å². The van der Waals surface area contributed by atoms with Gasteiger partial charge in [0.1, 0.15) is 5.25 Å². The van der Waals surface area contributed by atoms with Crippen molar-refractivity contribution in [2.75, 3.05) is 6.61 Å². The number of hydrogen-bond acceptors (Lipinski definition) is 6. The predicted molar refractivity (Wildman–Crippen MR) is 94.5 cm³/mol. The first-order valence-corrected chi connectivity index (χ1v) is 8.87. The van der Waals surface area contributed by atoms with Crippen molar-refractivity contribution >= 4 is 17.7 Å². The highest BCUT2D eigenvalue weighted by atomic mass is 32.2.